The van der Waals surface area contributed by atoms with Gasteiger partial charge in [-0.15, -0.1) is 0 Å². The van der Waals surface area contributed by atoms with Gasteiger partial charge in [-0.3, -0.25) is 4.79 Å². The second kappa shape index (κ2) is 6.30. The van der Waals surface area contributed by atoms with E-state index < -0.39 is 5.92 Å². The van der Waals surface area contributed by atoms with Crippen molar-refractivity contribution in [2.45, 2.75) is 50.7 Å². The minimum Gasteiger partial charge on any atom is -0.490 e. The lowest BCUT2D eigenvalue weighted by Crippen LogP contribution is -2.34. The van der Waals surface area contributed by atoms with E-state index in [2.05, 4.69) is 6.58 Å². The Morgan fingerprint density at radius 1 is 1.30 bits per heavy atom. The molecule has 1 saturated carbocycles. The Bertz CT molecular complexity index is 605. The summed E-state index contributed by atoms with van der Waals surface area (Å²) in [5.74, 6) is -1.91. The average molecular weight is 321 g/mol. The molecule has 1 aromatic carbocycles. The highest BCUT2D eigenvalue weighted by Crippen LogP contribution is 2.35. The van der Waals surface area contributed by atoms with Crippen LogP contribution in [0.3, 0.4) is 0 Å². The van der Waals surface area contributed by atoms with Crippen LogP contribution in [-0.2, 0) is 17.8 Å². The lowest BCUT2D eigenvalue weighted by Gasteiger charge is -2.30. The Hall–Kier alpha value is -1.91. The number of fused-ring (bicyclic) bond motifs is 1. The maximum Gasteiger partial charge on any atom is 0.248 e. The standard InChI is InChI=1S/C18H21F2NO2/c1-2-17(22)21-10-7-13-3-4-16(11-14(13)12-21)23-15-5-8-18(19,20)9-6-15/h2-4,11,15H,1,5-10,12H2. The van der Waals surface area contributed by atoms with Crippen molar-refractivity contribution >= 4 is 5.91 Å². The molecule has 23 heavy (non-hydrogen) atoms. The molecule has 5 heteroatoms. The third-order valence-corrected chi connectivity index (χ3v) is 4.64. The lowest BCUT2D eigenvalue weighted by molar-refractivity contribution is -0.126. The summed E-state index contributed by atoms with van der Waals surface area (Å²) in [6, 6.07) is 5.85. The molecule has 0 N–H and O–H groups in total. The largest absolute Gasteiger partial charge is 0.490 e. The molecule has 0 radical (unpaired) electrons. The summed E-state index contributed by atoms with van der Waals surface area (Å²) >= 11 is 0. The second-order valence-corrected chi connectivity index (χ2v) is 6.32. The van der Waals surface area contributed by atoms with Crippen molar-refractivity contribution in [2.24, 2.45) is 0 Å². The van der Waals surface area contributed by atoms with Gasteiger partial charge < -0.3 is 9.64 Å². The van der Waals surface area contributed by atoms with Gasteiger partial charge in [-0.2, -0.15) is 0 Å². The van der Waals surface area contributed by atoms with Gasteiger partial charge in [-0.05, 0) is 48.6 Å². The molecule has 1 heterocycles. The first-order valence-corrected chi connectivity index (χ1v) is 8.04. The van der Waals surface area contributed by atoms with Crippen molar-refractivity contribution in [3.63, 3.8) is 0 Å². The van der Waals surface area contributed by atoms with Gasteiger partial charge in [0.1, 0.15) is 5.75 Å². The average Bonchev–Trinajstić information content (AvgIpc) is 2.55. The zero-order chi connectivity index (χ0) is 16.4. The van der Waals surface area contributed by atoms with Crippen LogP contribution in [-0.4, -0.2) is 29.4 Å². The van der Waals surface area contributed by atoms with Crippen molar-refractivity contribution < 1.29 is 18.3 Å². The van der Waals surface area contributed by atoms with E-state index in [4.69, 9.17) is 4.74 Å². The summed E-state index contributed by atoms with van der Waals surface area (Å²) in [5.41, 5.74) is 2.27. The molecule has 0 atom stereocenters. The summed E-state index contributed by atoms with van der Waals surface area (Å²) in [6.07, 6.45) is 2.53. The van der Waals surface area contributed by atoms with Crippen LogP contribution < -0.4 is 4.74 Å². The summed E-state index contributed by atoms with van der Waals surface area (Å²) in [7, 11) is 0. The number of carbonyl (C=O) groups excluding carboxylic acids is 1. The first-order chi connectivity index (χ1) is 11.0. The number of benzene rings is 1. The van der Waals surface area contributed by atoms with Crippen molar-refractivity contribution in [3.05, 3.63) is 42.0 Å². The smallest absolute Gasteiger partial charge is 0.248 e. The maximum atomic E-state index is 13.2. The normalized spacial score (nSPS) is 20.7. The van der Waals surface area contributed by atoms with Gasteiger partial charge in [0.05, 0.1) is 6.10 Å². The van der Waals surface area contributed by atoms with Gasteiger partial charge in [-0.25, -0.2) is 8.78 Å². The highest BCUT2D eigenvalue weighted by molar-refractivity contribution is 5.87. The number of hydrogen-bond acceptors (Lipinski definition) is 2. The van der Waals surface area contributed by atoms with Crippen molar-refractivity contribution in [3.8, 4) is 5.75 Å². The third-order valence-electron chi connectivity index (χ3n) is 4.64. The third kappa shape index (κ3) is 3.71. The highest BCUT2D eigenvalue weighted by atomic mass is 19.3. The van der Waals surface area contributed by atoms with Crippen LogP contribution in [0.5, 0.6) is 5.75 Å². The molecule has 2 aliphatic rings. The van der Waals surface area contributed by atoms with Crippen LogP contribution in [0, 0.1) is 0 Å². The number of nitrogens with zero attached hydrogens (tertiary/aromatic N) is 1. The van der Waals surface area contributed by atoms with E-state index in [0.717, 1.165) is 12.0 Å². The summed E-state index contributed by atoms with van der Waals surface area (Å²) < 4.78 is 32.3. The number of ether oxygens (including phenoxy) is 1. The van der Waals surface area contributed by atoms with Gasteiger partial charge in [0, 0.05) is 25.9 Å². The molecule has 0 bridgehead atoms. The lowest BCUT2D eigenvalue weighted by atomic mass is 9.94. The Labute approximate surface area is 134 Å². The number of halogens is 2. The molecular formula is C18H21F2NO2. The summed E-state index contributed by atoms with van der Waals surface area (Å²) in [6.45, 7) is 4.75. The summed E-state index contributed by atoms with van der Waals surface area (Å²) in [5, 5.41) is 0. The van der Waals surface area contributed by atoms with Gasteiger partial charge >= 0.3 is 0 Å². The van der Waals surface area contributed by atoms with Crippen LogP contribution in [0.4, 0.5) is 8.78 Å². The molecule has 0 aromatic heterocycles. The molecule has 1 amide bonds. The Morgan fingerprint density at radius 2 is 2.04 bits per heavy atom. The van der Waals surface area contributed by atoms with Crippen molar-refractivity contribution in [1.29, 1.82) is 0 Å². The van der Waals surface area contributed by atoms with Crippen LogP contribution >= 0.6 is 0 Å². The van der Waals surface area contributed by atoms with Gasteiger partial charge in [0.25, 0.3) is 0 Å². The number of carbonyl (C=O) groups is 1. The van der Waals surface area contributed by atoms with E-state index in [0.29, 0.717) is 31.7 Å². The fourth-order valence-electron chi connectivity index (χ4n) is 3.25. The molecule has 1 aromatic rings. The molecule has 3 nitrogen and oxygen atoms in total. The molecule has 0 unspecified atom stereocenters. The molecule has 124 valence electrons. The molecule has 0 saturated heterocycles. The van der Waals surface area contributed by atoms with Crippen molar-refractivity contribution in [2.75, 3.05) is 6.54 Å². The molecule has 1 fully saturated rings. The zero-order valence-corrected chi connectivity index (χ0v) is 13.1. The van der Waals surface area contributed by atoms with Gasteiger partial charge in [0.15, 0.2) is 0 Å². The SMILES string of the molecule is C=CC(=O)N1CCc2ccc(OC3CCC(F)(F)CC3)cc2C1. The number of amides is 1. The first kappa shape index (κ1) is 16.0. The Kier molecular flexibility index (Phi) is 4.37. The molecular weight excluding hydrogens is 300 g/mol. The van der Waals surface area contributed by atoms with Gasteiger partial charge in [0.2, 0.25) is 11.8 Å². The van der Waals surface area contributed by atoms with Crippen LogP contribution in [0.15, 0.2) is 30.9 Å². The zero-order valence-electron chi connectivity index (χ0n) is 13.1. The van der Waals surface area contributed by atoms with E-state index in [1.165, 1.54) is 11.6 Å². The van der Waals surface area contributed by atoms with E-state index in [-0.39, 0.29) is 24.9 Å². The number of alkyl halides is 2. The van der Waals surface area contributed by atoms with Crippen LogP contribution in [0.2, 0.25) is 0 Å². The fourth-order valence-corrected chi connectivity index (χ4v) is 3.25. The maximum absolute atomic E-state index is 13.2. The molecule has 1 aliphatic carbocycles. The quantitative estimate of drug-likeness (QED) is 0.794. The minimum absolute atomic E-state index is 0.0727. The topological polar surface area (TPSA) is 29.5 Å². The number of rotatable bonds is 3. The fraction of sp³-hybridized carbons (Fsp3) is 0.500. The van der Waals surface area contributed by atoms with Crippen LogP contribution in [0.1, 0.15) is 36.8 Å². The van der Waals surface area contributed by atoms with E-state index in [1.807, 2.05) is 18.2 Å². The first-order valence-electron chi connectivity index (χ1n) is 8.04. The van der Waals surface area contributed by atoms with E-state index in [1.54, 1.807) is 4.90 Å². The minimum atomic E-state index is -2.54. The van der Waals surface area contributed by atoms with E-state index in [9.17, 15) is 13.6 Å². The number of hydrogen-bond donors (Lipinski definition) is 0. The monoisotopic (exact) mass is 321 g/mol. The highest BCUT2D eigenvalue weighted by Gasteiger charge is 2.35. The molecule has 3 rings (SSSR count). The second-order valence-electron chi connectivity index (χ2n) is 6.32. The Balaban J connectivity index is 1.66. The van der Waals surface area contributed by atoms with E-state index >= 15 is 0 Å². The van der Waals surface area contributed by atoms with Gasteiger partial charge in [-0.1, -0.05) is 12.6 Å². The molecule has 0 spiro atoms. The van der Waals surface area contributed by atoms with Crippen molar-refractivity contribution in [1.82, 2.24) is 4.90 Å². The summed E-state index contributed by atoms with van der Waals surface area (Å²) in [4.78, 5) is 13.5. The predicted octanol–water partition coefficient (Wildman–Crippen LogP) is 3.71. The molecule has 1 aliphatic heterocycles. The Morgan fingerprint density at radius 3 is 2.74 bits per heavy atom. The predicted molar refractivity (Wildman–Crippen MR) is 83.6 cm³/mol. The van der Waals surface area contributed by atoms with Crippen LogP contribution in [0.25, 0.3) is 0 Å².